The summed E-state index contributed by atoms with van der Waals surface area (Å²) in [6.45, 7) is 2.21. The van der Waals surface area contributed by atoms with Crippen molar-refractivity contribution in [2.45, 2.75) is 6.92 Å². The zero-order valence-electron chi connectivity index (χ0n) is 11.7. The molecule has 1 aromatic carbocycles. The third-order valence-corrected chi connectivity index (χ3v) is 2.79. The highest BCUT2D eigenvalue weighted by Crippen LogP contribution is 2.23. The van der Waals surface area contributed by atoms with E-state index >= 15 is 0 Å². The van der Waals surface area contributed by atoms with Gasteiger partial charge in [0.05, 0.1) is 19.4 Å². The smallest absolute Gasteiger partial charge is 0.293 e. The number of methoxy groups -OCH3 is 1. The Bertz CT molecular complexity index is 607. The summed E-state index contributed by atoms with van der Waals surface area (Å²) in [4.78, 5) is 16.8. The lowest BCUT2D eigenvalue weighted by atomic mass is 10.1. The number of benzene rings is 1. The number of aromatic nitrogens is 2. The largest absolute Gasteiger partial charge is 0.497 e. The number of ether oxygens (including phenoxy) is 1. The van der Waals surface area contributed by atoms with E-state index in [0.29, 0.717) is 18.0 Å². The maximum absolute atomic E-state index is 11.9. The van der Waals surface area contributed by atoms with Crippen molar-refractivity contribution < 1.29 is 14.4 Å². The number of aryl methyl sites for hydroxylation is 1. The standard InChI is InChI=1S/C14H17N3O3/c1-4-20-16-14(18)13-9-12(15-17(13)2)10-6-5-7-11(8-10)19-3/h5-9H,4H2,1-3H3,(H,16,18). The van der Waals surface area contributed by atoms with E-state index < -0.39 is 0 Å². The van der Waals surface area contributed by atoms with E-state index in [0.717, 1.165) is 11.3 Å². The molecule has 2 aromatic rings. The van der Waals surface area contributed by atoms with E-state index in [9.17, 15) is 4.79 Å². The van der Waals surface area contributed by atoms with E-state index in [1.165, 1.54) is 4.68 Å². The second-order valence-corrected chi connectivity index (χ2v) is 4.13. The molecule has 6 heteroatoms. The number of hydrogen-bond acceptors (Lipinski definition) is 4. The van der Waals surface area contributed by atoms with Crippen molar-refractivity contribution in [3.8, 4) is 17.0 Å². The van der Waals surface area contributed by atoms with Gasteiger partial charge >= 0.3 is 0 Å². The second-order valence-electron chi connectivity index (χ2n) is 4.13. The summed E-state index contributed by atoms with van der Waals surface area (Å²) in [5, 5.41) is 4.33. The van der Waals surface area contributed by atoms with Gasteiger partial charge in [-0.15, -0.1) is 0 Å². The van der Waals surface area contributed by atoms with Crippen LogP contribution < -0.4 is 10.2 Å². The van der Waals surface area contributed by atoms with Crippen molar-refractivity contribution in [2.24, 2.45) is 7.05 Å². The zero-order chi connectivity index (χ0) is 14.5. The Morgan fingerprint density at radius 3 is 2.90 bits per heavy atom. The van der Waals surface area contributed by atoms with E-state index in [1.54, 1.807) is 27.1 Å². The van der Waals surface area contributed by atoms with Crippen molar-refractivity contribution in [2.75, 3.05) is 13.7 Å². The minimum atomic E-state index is -0.323. The number of hydroxylamine groups is 1. The molecule has 0 bridgehead atoms. The predicted molar refractivity (Wildman–Crippen MR) is 74.3 cm³/mol. The first kappa shape index (κ1) is 14.1. The van der Waals surface area contributed by atoms with Crippen LogP contribution in [0.2, 0.25) is 0 Å². The van der Waals surface area contributed by atoms with Crippen LogP contribution in [0, 0.1) is 0 Å². The molecule has 1 amide bonds. The highest BCUT2D eigenvalue weighted by Gasteiger charge is 2.14. The molecule has 0 spiro atoms. The first-order chi connectivity index (χ1) is 9.65. The van der Waals surface area contributed by atoms with E-state index in [2.05, 4.69) is 10.6 Å². The van der Waals surface area contributed by atoms with Crippen LogP contribution in [-0.4, -0.2) is 29.4 Å². The Kier molecular flexibility index (Phi) is 4.37. The summed E-state index contributed by atoms with van der Waals surface area (Å²) in [7, 11) is 3.32. The fraction of sp³-hybridized carbons (Fsp3) is 0.286. The number of nitrogens with one attached hydrogen (secondary N) is 1. The average Bonchev–Trinajstić information content (AvgIpc) is 2.87. The van der Waals surface area contributed by atoms with Gasteiger partial charge in [0.2, 0.25) is 0 Å². The summed E-state index contributed by atoms with van der Waals surface area (Å²) in [5.41, 5.74) is 4.37. The molecular weight excluding hydrogens is 258 g/mol. The van der Waals surface area contributed by atoms with Crippen molar-refractivity contribution in [3.05, 3.63) is 36.0 Å². The summed E-state index contributed by atoms with van der Waals surface area (Å²) < 4.78 is 6.70. The maximum atomic E-state index is 11.9. The summed E-state index contributed by atoms with van der Waals surface area (Å²) in [6.07, 6.45) is 0. The topological polar surface area (TPSA) is 65.4 Å². The van der Waals surface area contributed by atoms with E-state index in [-0.39, 0.29) is 5.91 Å². The zero-order valence-corrected chi connectivity index (χ0v) is 11.7. The molecule has 0 fully saturated rings. The number of rotatable bonds is 5. The minimum Gasteiger partial charge on any atom is -0.497 e. The van der Waals surface area contributed by atoms with Crippen LogP contribution in [0.4, 0.5) is 0 Å². The van der Waals surface area contributed by atoms with Crippen molar-refractivity contribution in [1.29, 1.82) is 0 Å². The van der Waals surface area contributed by atoms with Crippen LogP contribution in [0.3, 0.4) is 0 Å². The molecule has 0 radical (unpaired) electrons. The van der Waals surface area contributed by atoms with Gasteiger partial charge < -0.3 is 4.74 Å². The van der Waals surface area contributed by atoms with Gasteiger partial charge in [-0.2, -0.15) is 5.10 Å². The van der Waals surface area contributed by atoms with Crippen LogP contribution in [0.1, 0.15) is 17.4 Å². The molecule has 0 unspecified atom stereocenters. The SMILES string of the molecule is CCONC(=O)c1cc(-c2cccc(OC)c2)nn1C. The Morgan fingerprint density at radius 1 is 1.40 bits per heavy atom. The molecule has 1 N–H and O–H groups in total. The van der Waals surface area contributed by atoms with Gasteiger partial charge in [-0.25, -0.2) is 5.48 Å². The average molecular weight is 275 g/mol. The second kappa shape index (κ2) is 6.21. The molecule has 0 atom stereocenters. The molecule has 106 valence electrons. The molecule has 2 rings (SSSR count). The Balaban J connectivity index is 2.28. The number of carbonyl (C=O) groups excluding carboxylic acids is 1. The number of hydrogen-bond donors (Lipinski definition) is 1. The van der Waals surface area contributed by atoms with Gasteiger partial charge in [-0.1, -0.05) is 12.1 Å². The minimum absolute atomic E-state index is 0.323. The number of amides is 1. The lowest BCUT2D eigenvalue weighted by Gasteiger charge is -2.02. The third-order valence-electron chi connectivity index (χ3n) is 2.79. The van der Waals surface area contributed by atoms with Gasteiger partial charge in [-0.3, -0.25) is 14.3 Å². The Hall–Kier alpha value is -2.34. The Labute approximate surface area is 117 Å². The van der Waals surface area contributed by atoms with Gasteiger partial charge in [-0.05, 0) is 25.1 Å². The van der Waals surface area contributed by atoms with Crippen LogP contribution >= 0.6 is 0 Å². The Morgan fingerprint density at radius 2 is 2.20 bits per heavy atom. The van der Waals surface area contributed by atoms with Crippen molar-refractivity contribution in [3.63, 3.8) is 0 Å². The summed E-state index contributed by atoms with van der Waals surface area (Å²) >= 11 is 0. The van der Waals surface area contributed by atoms with Gasteiger partial charge in [0.1, 0.15) is 11.4 Å². The molecule has 6 nitrogen and oxygen atoms in total. The summed E-state index contributed by atoms with van der Waals surface area (Å²) in [5.74, 6) is 0.421. The fourth-order valence-corrected chi connectivity index (χ4v) is 1.79. The lowest BCUT2D eigenvalue weighted by molar-refractivity contribution is 0.0356. The molecule has 1 heterocycles. The lowest BCUT2D eigenvalue weighted by Crippen LogP contribution is -2.25. The molecular formula is C14H17N3O3. The molecule has 20 heavy (non-hydrogen) atoms. The first-order valence-corrected chi connectivity index (χ1v) is 6.26. The highest BCUT2D eigenvalue weighted by molar-refractivity contribution is 5.93. The van der Waals surface area contributed by atoms with Crippen LogP contribution in [0.5, 0.6) is 5.75 Å². The number of carbonyl (C=O) groups is 1. The molecule has 0 saturated carbocycles. The molecule has 0 saturated heterocycles. The van der Waals surface area contributed by atoms with Gasteiger partial charge in [0.25, 0.3) is 5.91 Å². The monoisotopic (exact) mass is 275 g/mol. The highest BCUT2D eigenvalue weighted by atomic mass is 16.6. The van der Waals surface area contributed by atoms with Crippen LogP contribution in [0.15, 0.2) is 30.3 Å². The van der Waals surface area contributed by atoms with Gasteiger partial charge in [0, 0.05) is 12.6 Å². The van der Waals surface area contributed by atoms with E-state index in [1.807, 2.05) is 24.3 Å². The predicted octanol–water partition coefficient (Wildman–Crippen LogP) is 1.78. The maximum Gasteiger partial charge on any atom is 0.293 e. The van der Waals surface area contributed by atoms with E-state index in [4.69, 9.17) is 9.57 Å². The molecule has 1 aromatic heterocycles. The first-order valence-electron chi connectivity index (χ1n) is 6.26. The van der Waals surface area contributed by atoms with Crippen molar-refractivity contribution in [1.82, 2.24) is 15.3 Å². The third kappa shape index (κ3) is 2.97. The quantitative estimate of drug-likeness (QED) is 0.845. The fourth-order valence-electron chi connectivity index (χ4n) is 1.79. The molecule has 0 aliphatic heterocycles. The number of nitrogens with zero attached hydrogens (tertiary/aromatic N) is 2. The van der Waals surface area contributed by atoms with Crippen LogP contribution in [-0.2, 0) is 11.9 Å². The van der Waals surface area contributed by atoms with Crippen LogP contribution in [0.25, 0.3) is 11.3 Å². The molecule has 0 aliphatic carbocycles. The molecule has 0 aliphatic rings. The summed E-state index contributed by atoms with van der Waals surface area (Å²) in [6, 6.07) is 9.22. The van der Waals surface area contributed by atoms with Crippen molar-refractivity contribution >= 4 is 5.91 Å². The normalized spacial score (nSPS) is 10.3. The van der Waals surface area contributed by atoms with Gasteiger partial charge in [0.15, 0.2) is 0 Å².